The smallest absolute Gasteiger partial charge is 0.227 e. The number of carbonyl (C=O) groups is 1. The number of H-pyrrole nitrogens is 1. The molecule has 0 fully saturated rings. The molecule has 1 amide bonds. The molecule has 3 rings (SSSR count). The van der Waals surface area contributed by atoms with Gasteiger partial charge in [-0.05, 0) is 23.1 Å². The number of aromatic nitrogens is 1. The van der Waals surface area contributed by atoms with Crippen molar-refractivity contribution in [3.05, 3.63) is 58.4 Å². The van der Waals surface area contributed by atoms with Gasteiger partial charge in [-0.15, -0.1) is 11.3 Å². The number of nitrogens with zero attached hydrogens (tertiary/aromatic N) is 1. The van der Waals surface area contributed by atoms with E-state index in [1.165, 1.54) is 0 Å². The Balaban J connectivity index is 1.75. The van der Waals surface area contributed by atoms with Gasteiger partial charge in [-0.25, -0.2) is 0 Å². The number of aliphatic hydroxyl groups is 1. The molecule has 1 aromatic carbocycles. The van der Waals surface area contributed by atoms with E-state index in [9.17, 15) is 9.90 Å². The van der Waals surface area contributed by atoms with E-state index in [0.717, 1.165) is 21.3 Å². The SMILES string of the molecule is O=C(Cc1c[nH]c2ccccc12)N(CCO)Cc1cccs1. The molecule has 0 saturated carbocycles. The maximum Gasteiger partial charge on any atom is 0.227 e. The molecule has 2 heterocycles. The van der Waals surface area contributed by atoms with Gasteiger partial charge in [-0.1, -0.05) is 24.3 Å². The van der Waals surface area contributed by atoms with Crippen molar-refractivity contribution in [3.63, 3.8) is 0 Å². The molecular weight excluding hydrogens is 296 g/mol. The van der Waals surface area contributed by atoms with Gasteiger partial charge in [-0.3, -0.25) is 4.79 Å². The fourth-order valence-corrected chi connectivity index (χ4v) is 3.28. The molecule has 0 saturated heterocycles. The van der Waals surface area contributed by atoms with Crippen LogP contribution in [0, 0.1) is 0 Å². The zero-order valence-electron chi connectivity index (χ0n) is 12.2. The highest BCUT2D eigenvalue weighted by atomic mass is 32.1. The molecule has 4 nitrogen and oxygen atoms in total. The third-order valence-corrected chi connectivity index (χ3v) is 4.53. The van der Waals surface area contributed by atoms with E-state index >= 15 is 0 Å². The minimum Gasteiger partial charge on any atom is -0.395 e. The van der Waals surface area contributed by atoms with Crippen LogP contribution in [0.15, 0.2) is 48.0 Å². The molecule has 0 aliphatic rings. The number of hydrogen-bond donors (Lipinski definition) is 2. The van der Waals surface area contributed by atoms with Crippen LogP contribution in [-0.2, 0) is 17.8 Å². The molecule has 0 bridgehead atoms. The maximum absolute atomic E-state index is 12.6. The lowest BCUT2D eigenvalue weighted by Gasteiger charge is -2.21. The largest absolute Gasteiger partial charge is 0.395 e. The number of fused-ring (bicyclic) bond motifs is 1. The van der Waals surface area contributed by atoms with Crippen molar-refractivity contribution in [3.8, 4) is 0 Å². The fourth-order valence-electron chi connectivity index (χ4n) is 2.56. The van der Waals surface area contributed by atoms with E-state index in [0.29, 0.717) is 19.5 Å². The van der Waals surface area contributed by atoms with Crippen molar-refractivity contribution < 1.29 is 9.90 Å². The average Bonchev–Trinajstić information content (AvgIpc) is 3.17. The Morgan fingerprint density at radius 3 is 2.86 bits per heavy atom. The Kier molecular flexibility index (Phi) is 4.56. The number of amides is 1. The summed E-state index contributed by atoms with van der Waals surface area (Å²) in [7, 11) is 0. The Morgan fingerprint density at radius 2 is 2.09 bits per heavy atom. The molecule has 0 radical (unpaired) electrons. The fraction of sp³-hybridized carbons (Fsp3) is 0.235. The lowest BCUT2D eigenvalue weighted by Crippen LogP contribution is -2.33. The normalized spacial score (nSPS) is 11.0. The number of rotatable bonds is 6. The number of para-hydroxylation sites is 1. The summed E-state index contributed by atoms with van der Waals surface area (Å²) in [5.74, 6) is 0.0344. The van der Waals surface area contributed by atoms with Crippen LogP contribution < -0.4 is 0 Å². The lowest BCUT2D eigenvalue weighted by atomic mass is 10.1. The van der Waals surface area contributed by atoms with Crippen molar-refractivity contribution in [2.24, 2.45) is 0 Å². The third-order valence-electron chi connectivity index (χ3n) is 3.67. The molecule has 0 unspecified atom stereocenters. The van der Waals surface area contributed by atoms with E-state index in [2.05, 4.69) is 4.98 Å². The Labute approximate surface area is 133 Å². The van der Waals surface area contributed by atoms with E-state index in [4.69, 9.17) is 0 Å². The van der Waals surface area contributed by atoms with Gasteiger partial charge < -0.3 is 15.0 Å². The number of benzene rings is 1. The van der Waals surface area contributed by atoms with Crippen molar-refractivity contribution >= 4 is 28.1 Å². The molecule has 3 aromatic rings. The van der Waals surface area contributed by atoms with Gasteiger partial charge in [0, 0.05) is 28.5 Å². The van der Waals surface area contributed by atoms with Crippen LogP contribution in [0.25, 0.3) is 10.9 Å². The van der Waals surface area contributed by atoms with Gasteiger partial charge in [0.25, 0.3) is 0 Å². The molecule has 0 aliphatic carbocycles. The summed E-state index contributed by atoms with van der Waals surface area (Å²) in [5, 5.41) is 12.3. The molecule has 2 N–H and O–H groups in total. The summed E-state index contributed by atoms with van der Waals surface area (Å²) >= 11 is 1.62. The van der Waals surface area contributed by atoms with E-state index < -0.39 is 0 Å². The van der Waals surface area contributed by atoms with Crippen molar-refractivity contribution in [1.29, 1.82) is 0 Å². The van der Waals surface area contributed by atoms with Crippen LogP contribution in [0.2, 0.25) is 0 Å². The maximum atomic E-state index is 12.6. The first kappa shape index (κ1) is 14.8. The number of aromatic amines is 1. The minimum absolute atomic E-state index is 0.0228. The standard InChI is InChI=1S/C17H18N2O2S/c20-8-7-19(12-14-4-3-9-22-14)17(21)10-13-11-18-16-6-2-1-5-15(13)16/h1-6,9,11,18,20H,7-8,10,12H2. The van der Waals surface area contributed by atoms with Gasteiger partial charge >= 0.3 is 0 Å². The molecular formula is C17H18N2O2S. The van der Waals surface area contributed by atoms with Crippen LogP contribution >= 0.6 is 11.3 Å². The summed E-state index contributed by atoms with van der Waals surface area (Å²) < 4.78 is 0. The molecule has 2 aromatic heterocycles. The number of hydrogen-bond acceptors (Lipinski definition) is 3. The van der Waals surface area contributed by atoms with Crippen LogP contribution in [0.5, 0.6) is 0 Å². The number of nitrogens with one attached hydrogen (secondary N) is 1. The van der Waals surface area contributed by atoms with E-state index in [-0.39, 0.29) is 12.5 Å². The molecule has 0 spiro atoms. The summed E-state index contributed by atoms with van der Waals surface area (Å²) in [6, 6.07) is 11.9. The first-order valence-electron chi connectivity index (χ1n) is 7.24. The van der Waals surface area contributed by atoms with Crippen molar-refractivity contribution in [2.45, 2.75) is 13.0 Å². The topological polar surface area (TPSA) is 56.3 Å². The predicted molar refractivity (Wildman–Crippen MR) is 88.8 cm³/mol. The van der Waals surface area contributed by atoms with Crippen LogP contribution in [0.4, 0.5) is 0 Å². The summed E-state index contributed by atoms with van der Waals surface area (Å²) in [6.45, 7) is 0.892. The quantitative estimate of drug-likeness (QED) is 0.735. The second-order valence-electron chi connectivity index (χ2n) is 5.15. The van der Waals surface area contributed by atoms with Gasteiger partial charge in [0.15, 0.2) is 0 Å². The predicted octanol–water partition coefficient (Wildman–Crippen LogP) is 2.79. The average molecular weight is 314 g/mol. The zero-order chi connectivity index (χ0) is 15.4. The van der Waals surface area contributed by atoms with Crippen LogP contribution in [0.3, 0.4) is 0 Å². The minimum atomic E-state index is -0.0228. The highest BCUT2D eigenvalue weighted by molar-refractivity contribution is 7.09. The van der Waals surface area contributed by atoms with E-state index in [1.807, 2.05) is 48.0 Å². The van der Waals surface area contributed by atoms with E-state index in [1.54, 1.807) is 16.2 Å². The van der Waals surface area contributed by atoms with Gasteiger partial charge in [0.1, 0.15) is 0 Å². The van der Waals surface area contributed by atoms with Gasteiger partial charge in [0.05, 0.1) is 19.6 Å². The van der Waals surface area contributed by atoms with Crippen LogP contribution in [-0.4, -0.2) is 34.0 Å². The molecule has 22 heavy (non-hydrogen) atoms. The Morgan fingerprint density at radius 1 is 1.23 bits per heavy atom. The molecule has 5 heteroatoms. The third kappa shape index (κ3) is 3.21. The first-order valence-corrected chi connectivity index (χ1v) is 8.12. The van der Waals surface area contributed by atoms with Gasteiger partial charge in [-0.2, -0.15) is 0 Å². The highest BCUT2D eigenvalue weighted by Crippen LogP contribution is 2.19. The van der Waals surface area contributed by atoms with Crippen molar-refractivity contribution in [2.75, 3.05) is 13.2 Å². The molecule has 0 atom stereocenters. The highest BCUT2D eigenvalue weighted by Gasteiger charge is 2.16. The Bertz CT molecular complexity index is 749. The number of aliphatic hydroxyl groups excluding tert-OH is 1. The number of carbonyl (C=O) groups excluding carboxylic acids is 1. The second-order valence-corrected chi connectivity index (χ2v) is 6.19. The number of thiophene rings is 1. The molecule has 0 aliphatic heterocycles. The van der Waals surface area contributed by atoms with Crippen molar-refractivity contribution in [1.82, 2.24) is 9.88 Å². The van der Waals surface area contributed by atoms with Crippen LogP contribution in [0.1, 0.15) is 10.4 Å². The first-order chi connectivity index (χ1) is 10.8. The summed E-state index contributed by atoms with van der Waals surface area (Å²) in [6.07, 6.45) is 2.24. The monoisotopic (exact) mass is 314 g/mol. The molecule has 114 valence electrons. The van der Waals surface area contributed by atoms with Gasteiger partial charge in [0.2, 0.25) is 5.91 Å². The lowest BCUT2D eigenvalue weighted by molar-refractivity contribution is -0.131. The Hall–Kier alpha value is -2.11. The summed E-state index contributed by atoms with van der Waals surface area (Å²) in [4.78, 5) is 18.6. The zero-order valence-corrected chi connectivity index (χ0v) is 13.0. The second kappa shape index (κ2) is 6.77. The summed E-state index contributed by atoms with van der Waals surface area (Å²) in [5.41, 5.74) is 2.03.